The quantitative estimate of drug-likeness (QED) is 0.513. The molecule has 0 heterocycles. The van der Waals surface area contributed by atoms with Crippen molar-refractivity contribution in [1.29, 1.82) is 5.26 Å². The van der Waals surface area contributed by atoms with Crippen molar-refractivity contribution in [2.24, 2.45) is 5.73 Å². The Morgan fingerprint density at radius 1 is 1.88 bits per heavy atom. The molecule has 0 fully saturated rings. The van der Waals surface area contributed by atoms with E-state index in [0.29, 0.717) is 6.42 Å². The summed E-state index contributed by atoms with van der Waals surface area (Å²) in [7, 11) is 0. The molecule has 1 unspecified atom stereocenters. The normalized spacial score (nSPS) is 16.8. The van der Waals surface area contributed by atoms with Crippen LogP contribution in [-0.4, -0.2) is 17.3 Å². The molecule has 0 aliphatic carbocycles. The molecule has 0 aromatic heterocycles. The van der Waals surface area contributed by atoms with E-state index in [-0.39, 0.29) is 6.61 Å². The van der Waals surface area contributed by atoms with Crippen molar-refractivity contribution in [1.82, 2.24) is 0 Å². The first-order valence-corrected chi connectivity index (χ1v) is 2.49. The average Bonchev–Trinajstić information content (AvgIpc) is 1.87. The molecule has 3 nitrogen and oxygen atoms in total. The molecule has 1 atom stereocenters. The predicted molar refractivity (Wildman–Crippen MR) is 29.9 cm³/mol. The molecule has 0 bridgehead atoms. The van der Waals surface area contributed by atoms with Crippen LogP contribution in [0.2, 0.25) is 0 Å². The van der Waals surface area contributed by atoms with Gasteiger partial charge in [0.15, 0.2) is 0 Å². The van der Waals surface area contributed by atoms with Crippen LogP contribution in [0.25, 0.3) is 0 Å². The number of nitriles is 1. The highest BCUT2D eigenvalue weighted by Gasteiger charge is 2.19. The Labute approximate surface area is 48.7 Å². The minimum atomic E-state index is -1.01. The van der Waals surface area contributed by atoms with Crippen LogP contribution < -0.4 is 5.73 Å². The van der Waals surface area contributed by atoms with E-state index < -0.39 is 5.54 Å². The van der Waals surface area contributed by atoms with Crippen LogP contribution >= 0.6 is 0 Å². The summed E-state index contributed by atoms with van der Waals surface area (Å²) in [5.74, 6) is 0. The second-order valence-electron chi connectivity index (χ2n) is 1.78. The lowest BCUT2D eigenvalue weighted by Crippen LogP contribution is -2.41. The molecule has 3 N–H and O–H groups in total. The van der Waals surface area contributed by atoms with Gasteiger partial charge in [0.2, 0.25) is 0 Å². The number of aliphatic hydroxyl groups excluding tert-OH is 1. The zero-order valence-corrected chi connectivity index (χ0v) is 4.89. The van der Waals surface area contributed by atoms with Crippen LogP contribution in [0.5, 0.6) is 0 Å². The van der Waals surface area contributed by atoms with E-state index in [1.54, 1.807) is 13.0 Å². The molecular formula is C5H10N2O. The van der Waals surface area contributed by atoms with Crippen molar-refractivity contribution >= 4 is 0 Å². The minimum Gasteiger partial charge on any atom is -0.393 e. The molecule has 0 spiro atoms. The Balaban J connectivity index is 3.83. The van der Waals surface area contributed by atoms with E-state index in [2.05, 4.69) is 0 Å². The monoisotopic (exact) mass is 114 g/mol. The summed E-state index contributed by atoms with van der Waals surface area (Å²) in [5, 5.41) is 16.7. The third kappa shape index (κ3) is 1.49. The molecule has 8 heavy (non-hydrogen) atoms. The number of hydrogen-bond acceptors (Lipinski definition) is 3. The molecule has 0 saturated heterocycles. The molecule has 3 heteroatoms. The van der Waals surface area contributed by atoms with Crippen molar-refractivity contribution in [3.05, 3.63) is 0 Å². The smallest absolute Gasteiger partial charge is 0.127 e. The van der Waals surface area contributed by atoms with Crippen LogP contribution in [-0.2, 0) is 0 Å². The van der Waals surface area contributed by atoms with Crippen molar-refractivity contribution in [2.45, 2.75) is 18.9 Å². The van der Waals surface area contributed by atoms with Crippen molar-refractivity contribution in [3.8, 4) is 6.07 Å². The molecule has 0 radical (unpaired) electrons. The zero-order chi connectivity index (χ0) is 6.62. The highest BCUT2D eigenvalue weighted by molar-refractivity contribution is 5.03. The maximum atomic E-state index is 8.44. The van der Waals surface area contributed by atoms with Crippen molar-refractivity contribution in [2.75, 3.05) is 6.61 Å². The summed E-state index contributed by atoms with van der Waals surface area (Å²) in [6.07, 6.45) is 0.486. The van der Waals surface area contributed by atoms with E-state index in [1.807, 2.05) is 0 Å². The molecule has 0 rings (SSSR count). The van der Waals surface area contributed by atoms with Gasteiger partial charge in [0.1, 0.15) is 5.54 Å². The molecule has 0 aromatic carbocycles. The highest BCUT2D eigenvalue weighted by atomic mass is 16.3. The van der Waals surface area contributed by atoms with Gasteiger partial charge in [0.25, 0.3) is 0 Å². The van der Waals surface area contributed by atoms with Crippen LogP contribution in [0.3, 0.4) is 0 Å². The number of nitrogens with two attached hydrogens (primary N) is 1. The lowest BCUT2D eigenvalue weighted by atomic mass is 10.0. The van der Waals surface area contributed by atoms with Gasteiger partial charge in [0, 0.05) is 0 Å². The van der Waals surface area contributed by atoms with Gasteiger partial charge in [-0.3, -0.25) is 0 Å². The van der Waals surface area contributed by atoms with Gasteiger partial charge in [-0.05, 0) is 6.42 Å². The lowest BCUT2D eigenvalue weighted by Gasteiger charge is -2.13. The molecular weight excluding hydrogens is 104 g/mol. The van der Waals surface area contributed by atoms with Gasteiger partial charge >= 0.3 is 0 Å². The van der Waals surface area contributed by atoms with Gasteiger partial charge in [-0.25, -0.2) is 0 Å². The number of hydrogen-bond donors (Lipinski definition) is 2. The Morgan fingerprint density at radius 3 is 2.38 bits per heavy atom. The maximum absolute atomic E-state index is 8.44. The van der Waals surface area contributed by atoms with E-state index in [1.165, 1.54) is 0 Å². The van der Waals surface area contributed by atoms with Gasteiger partial charge in [0.05, 0.1) is 12.7 Å². The first-order valence-electron chi connectivity index (χ1n) is 2.49. The number of nitrogens with zero attached hydrogens (tertiary/aromatic N) is 1. The Bertz CT molecular complexity index is 101. The number of rotatable bonds is 2. The number of aliphatic hydroxyl groups is 1. The second kappa shape index (κ2) is 2.65. The average molecular weight is 114 g/mol. The summed E-state index contributed by atoms with van der Waals surface area (Å²) >= 11 is 0. The Kier molecular flexibility index (Phi) is 2.46. The van der Waals surface area contributed by atoms with E-state index in [9.17, 15) is 0 Å². The summed E-state index contributed by atoms with van der Waals surface area (Å²) in [6, 6.07) is 1.81. The fourth-order valence-electron chi connectivity index (χ4n) is 0.226. The highest BCUT2D eigenvalue weighted by Crippen LogP contribution is 2.00. The first kappa shape index (κ1) is 7.41. The van der Waals surface area contributed by atoms with Crippen LogP contribution in [0.15, 0.2) is 0 Å². The molecule has 0 aliphatic rings. The van der Waals surface area contributed by atoms with Crippen molar-refractivity contribution < 1.29 is 5.11 Å². The molecule has 0 aromatic rings. The maximum Gasteiger partial charge on any atom is 0.127 e. The van der Waals surface area contributed by atoms with Crippen LogP contribution in [0.4, 0.5) is 0 Å². The van der Waals surface area contributed by atoms with Gasteiger partial charge in [-0.1, -0.05) is 6.92 Å². The van der Waals surface area contributed by atoms with Gasteiger partial charge in [-0.2, -0.15) is 5.26 Å². The van der Waals surface area contributed by atoms with E-state index in [0.717, 1.165) is 0 Å². The third-order valence-electron chi connectivity index (χ3n) is 1.14. The van der Waals surface area contributed by atoms with Crippen LogP contribution in [0, 0.1) is 11.3 Å². The summed E-state index contributed by atoms with van der Waals surface area (Å²) in [6.45, 7) is 1.50. The van der Waals surface area contributed by atoms with Crippen molar-refractivity contribution in [3.63, 3.8) is 0 Å². The summed E-state index contributed by atoms with van der Waals surface area (Å²) in [5.41, 5.74) is 4.27. The fourth-order valence-corrected chi connectivity index (χ4v) is 0.226. The SMILES string of the molecule is CCC(N)(C#N)CO. The van der Waals surface area contributed by atoms with E-state index in [4.69, 9.17) is 16.1 Å². The molecule has 0 amide bonds. The topological polar surface area (TPSA) is 70.0 Å². The standard InChI is InChI=1S/C5H10N2O/c1-2-5(7,3-6)4-8/h8H,2,4,7H2,1H3. The first-order chi connectivity index (χ1) is 3.68. The Morgan fingerprint density at radius 2 is 2.38 bits per heavy atom. The van der Waals surface area contributed by atoms with Gasteiger partial charge in [-0.15, -0.1) is 0 Å². The third-order valence-corrected chi connectivity index (χ3v) is 1.14. The lowest BCUT2D eigenvalue weighted by molar-refractivity contribution is 0.228. The fraction of sp³-hybridized carbons (Fsp3) is 0.800. The molecule has 0 aliphatic heterocycles. The van der Waals surface area contributed by atoms with Gasteiger partial charge < -0.3 is 10.8 Å². The Hall–Kier alpha value is -0.590. The summed E-state index contributed by atoms with van der Waals surface area (Å²) < 4.78 is 0. The summed E-state index contributed by atoms with van der Waals surface area (Å²) in [4.78, 5) is 0. The van der Waals surface area contributed by atoms with E-state index >= 15 is 0 Å². The minimum absolute atomic E-state index is 0.264. The zero-order valence-electron chi connectivity index (χ0n) is 4.89. The predicted octanol–water partition coefficient (Wildman–Crippen LogP) is -0.390. The van der Waals surface area contributed by atoms with Crippen LogP contribution in [0.1, 0.15) is 13.3 Å². The largest absolute Gasteiger partial charge is 0.393 e. The molecule has 46 valence electrons. The molecule has 0 saturated carbocycles. The second-order valence-corrected chi connectivity index (χ2v) is 1.78.